The van der Waals surface area contributed by atoms with E-state index in [-0.39, 0.29) is 5.56 Å². The highest BCUT2D eigenvalue weighted by Gasteiger charge is 2.12. The van der Waals surface area contributed by atoms with Gasteiger partial charge in [-0.05, 0) is 13.0 Å². The fourth-order valence-corrected chi connectivity index (χ4v) is 2.59. The number of nitrogens with zero attached hydrogens (tertiary/aromatic N) is 3. The van der Waals surface area contributed by atoms with E-state index in [1.165, 1.54) is 17.7 Å². The molecule has 3 aromatic rings. The third-order valence-corrected chi connectivity index (χ3v) is 3.65. The minimum atomic E-state index is -0.451. The Balaban J connectivity index is 2.01. The number of pyridine rings is 1. The number of hydrogen-bond acceptors (Lipinski definition) is 7. The Morgan fingerprint density at radius 3 is 3.14 bits per heavy atom. The van der Waals surface area contributed by atoms with Gasteiger partial charge >= 0.3 is 0 Å². The largest absolute Gasteiger partial charge is 0.392 e. The van der Waals surface area contributed by atoms with Gasteiger partial charge in [-0.1, -0.05) is 0 Å². The van der Waals surface area contributed by atoms with Crippen molar-refractivity contribution in [2.45, 2.75) is 13.0 Å². The molecule has 0 fully saturated rings. The van der Waals surface area contributed by atoms with Gasteiger partial charge in [-0.3, -0.25) is 9.78 Å². The maximum absolute atomic E-state index is 11.8. The van der Waals surface area contributed by atoms with Gasteiger partial charge in [-0.15, -0.1) is 11.3 Å². The van der Waals surface area contributed by atoms with Gasteiger partial charge in [0.25, 0.3) is 5.56 Å². The van der Waals surface area contributed by atoms with E-state index in [0.717, 1.165) is 0 Å². The standard InChI is InChI=1S/C13H13N5O2S/c1-7(19)4-15-13-18-9(5-21-13)11-10-8(2-3-14-11)12(20)17-6-16-10/h2-3,5-7,19H,4H2,1H3,(H,15,18)(H,16,17,20)/t7-/m1/s1. The number of aromatic amines is 1. The van der Waals surface area contributed by atoms with Crippen LogP contribution in [-0.4, -0.2) is 37.7 Å². The van der Waals surface area contributed by atoms with Crippen molar-refractivity contribution in [2.75, 3.05) is 11.9 Å². The molecule has 0 saturated heterocycles. The second kappa shape index (κ2) is 5.58. The van der Waals surface area contributed by atoms with Crippen molar-refractivity contribution in [3.05, 3.63) is 34.3 Å². The number of aromatic nitrogens is 4. The summed E-state index contributed by atoms with van der Waals surface area (Å²) in [7, 11) is 0. The molecule has 0 aromatic carbocycles. The number of aliphatic hydroxyl groups excluding tert-OH is 1. The van der Waals surface area contributed by atoms with Gasteiger partial charge in [0.15, 0.2) is 5.13 Å². The fourth-order valence-electron chi connectivity index (χ4n) is 1.89. The number of thiazole rings is 1. The normalized spacial score (nSPS) is 12.5. The quantitative estimate of drug-likeness (QED) is 0.670. The summed E-state index contributed by atoms with van der Waals surface area (Å²) in [6, 6.07) is 1.63. The minimum absolute atomic E-state index is 0.202. The third kappa shape index (κ3) is 2.76. The van der Waals surface area contributed by atoms with Gasteiger partial charge in [0.2, 0.25) is 0 Å². The number of fused-ring (bicyclic) bond motifs is 1. The summed E-state index contributed by atoms with van der Waals surface area (Å²) in [6.45, 7) is 2.12. The summed E-state index contributed by atoms with van der Waals surface area (Å²) in [5, 5.41) is 15.3. The zero-order chi connectivity index (χ0) is 14.8. The summed E-state index contributed by atoms with van der Waals surface area (Å²) in [6.07, 6.45) is 2.47. The molecule has 0 aliphatic heterocycles. The first kappa shape index (κ1) is 13.7. The molecule has 0 saturated carbocycles. The fraction of sp³-hybridized carbons (Fsp3) is 0.231. The lowest BCUT2D eigenvalue weighted by atomic mass is 10.2. The summed E-state index contributed by atoms with van der Waals surface area (Å²) in [4.78, 5) is 27.2. The molecule has 0 spiro atoms. The molecule has 108 valence electrons. The van der Waals surface area contributed by atoms with E-state index < -0.39 is 6.10 Å². The molecule has 1 atom stereocenters. The lowest BCUT2D eigenvalue weighted by Crippen LogP contribution is -2.15. The van der Waals surface area contributed by atoms with Crippen LogP contribution in [0.15, 0.2) is 28.8 Å². The summed E-state index contributed by atoms with van der Waals surface area (Å²) in [5.74, 6) is 0. The van der Waals surface area contributed by atoms with Crippen molar-refractivity contribution in [1.82, 2.24) is 19.9 Å². The van der Waals surface area contributed by atoms with E-state index in [0.29, 0.717) is 34.0 Å². The Hall–Kier alpha value is -2.32. The highest BCUT2D eigenvalue weighted by atomic mass is 32.1. The van der Waals surface area contributed by atoms with Gasteiger partial charge < -0.3 is 15.4 Å². The molecule has 3 rings (SSSR count). The molecule has 3 N–H and O–H groups in total. The van der Waals surface area contributed by atoms with E-state index >= 15 is 0 Å². The number of rotatable bonds is 4. The zero-order valence-electron chi connectivity index (χ0n) is 11.2. The average molecular weight is 303 g/mol. The van der Waals surface area contributed by atoms with Crippen LogP contribution in [-0.2, 0) is 0 Å². The van der Waals surface area contributed by atoms with Gasteiger partial charge in [0.1, 0.15) is 16.9 Å². The monoisotopic (exact) mass is 303 g/mol. The van der Waals surface area contributed by atoms with Crippen LogP contribution in [0, 0.1) is 0 Å². The number of H-pyrrole nitrogens is 1. The smallest absolute Gasteiger partial charge is 0.258 e. The Kier molecular flexibility index (Phi) is 3.63. The van der Waals surface area contributed by atoms with E-state index in [4.69, 9.17) is 0 Å². The highest BCUT2D eigenvalue weighted by Crippen LogP contribution is 2.26. The zero-order valence-corrected chi connectivity index (χ0v) is 12.0. The van der Waals surface area contributed by atoms with Crippen molar-refractivity contribution in [3.8, 4) is 11.4 Å². The SMILES string of the molecule is C[C@@H](O)CNc1nc(-c2nccc3c(=O)[nH]cnc23)cs1. The number of aliphatic hydroxyl groups is 1. The van der Waals surface area contributed by atoms with Crippen LogP contribution in [0.1, 0.15) is 6.92 Å². The second-order valence-electron chi connectivity index (χ2n) is 4.56. The van der Waals surface area contributed by atoms with Gasteiger partial charge in [-0.25, -0.2) is 9.97 Å². The lowest BCUT2D eigenvalue weighted by molar-refractivity contribution is 0.208. The molecule has 0 unspecified atom stereocenters. The number of nitrogens with one attached hydrogen (secondary N) is 2. The van der Waals surface area contributed by atoms with Crippen molar-refractivity contribution in [2.24, 2.45) is 0 Å². The maximum atomic E-state index is 11.8. The van der Waals surface area contributed by atoms with Crippen molar-refractivity contribution >= 4 is 27.4 Å². The molecule has 7 nitrogen and oxygen atoms in total. The molecular weight excluding hydrogens is 290 g/mol. The number of anilines is 1. The Morgan fingerprint density at radius 1 is 1.48 bits per heavy atom. The van der Waals surface area contributed by atoms with Crippen LogP contribution >= 0.6 is 11.3 Å². The van der Waals surface area contributed by atoms with Crippen LogP contribution in [0.2, 0.25) is 0 Å². The van der Waals surface area contributed by atoms with Crippen LogP contribution < -0.4 is 10.9 Å². The first-order valence-corrected chi connectivity index (χ1v) is 7.23. The predicted molar refractivity (Wildman–Crippen MR) is 81.4 cm³/mol. The van der Waals surface area contributed by atoms with Crippen LogP contribution in [0.3, 0.4) is 0 Å². The van der Waals surface area contributed by atoms with E-state index in [2.05, 4.69) is 25.3 Å². The minimum Gasteiger partial charge on any atom is -0.392 e. The molecule has 0 radical (unpaired) electrons. The average Bonchev–Trinajstić information content (AvgIpc) is 2.94. The van der Waals surface area contributed by atoms with E-state index in [1.54, 1.807) is 19.2 Å². The summed E-state index contributed by atoms with van der Waals surface area (Å²) >= 11 is 1.41. The van der Waals surface area contributed by atoms with E-state index in [9.17, 15) is 9.90 Å². The number of hydrogen-bond donors (Lipinski definition) is 3. The lowest BCUT2D eigenvalue weighted by Gasteiger charge is -2.04. The van der Waals surface area contributed by atoms with E-state index in [1.807, 2.05) is 5.38 Å². The van der Waals surface area contributed by atoms with Crippen molar-refractivity contribution in [3.63, 3.8) is 0 Å². The Labute approximate surface area is 123 Å². The Morgan fingerprint density at radius 2 is 2.33 bits per heavy atom. The summed E-state index contributed by atoms with van der Waals surface area (Å²) < 4.78 is 0. The summed E-state index contributed by atoms with van der Waals surface area (Å²) in [5.41, 5.74) is 1.54. The molecule has 0 aliphatic carbocycles. The molecule has 21 heavy (non-hydrogen) atoms. The highest BCUT2D eigenvalue weighted by molar-refractivity contribution is 7.14. The van der Waals surface area contributed by atoms with Crippen LogP contribution in [0.25, 0.3) is 22.3 Å². The molecule has 0 aliphatic rings. The van der Waals surface area contributed by atoms with Crippen LogP contribution in [0.4, 0.5) is 5.13 Å². The Bertz CT molecular complexity index is 827. The molecule has 8 heteroatoms. The molecule has 3 heterocycles. The van der Waals surface area contributed by atoms with Gasteiger partial charge in [-0.2, -0.15) is 0 Å². The molecule has 3 aromatic heterocycles. The topological polar surface area (TPSA) is 104 Å². The third-order valence-electron chi connectivity index (χ3n) is 2.85. The van der Waals surface area contributed by atoms with Crippen molar-refractivity contribution in [1.29, 1.82) is 0 Å². The van der Waals surface area contributed by atoms with Crippen molar-refractivity contribution < 1.29 is 5.11 Å². The maximum Gasteiger partial charge on any atom is 0.258 e. The second-order valence-corrected chi connectivity index (χ2v) is 5.41. The van der Waals surface area contributed by atoms with Gasteiger partial charge in [0, 0.05) is 18.1 Å². The first-order chi connectivity index (χ1) is 10.1. The molecule has 0 bridgehead atoms. The molecular formula is C13H13N5O2S. The predicted octanol–water partition coefficient (Wildman–Crippen LogP) is 1.23. The first-order valence-electron chi connectivity index (χ1n) is 6.35. The molecule has 0 amide bonds. The van der Waals surface area contributed by atoms with Gasteiger partial charge in [0.05, 0.1) is 17.8 Å². The van der Waals surface area contributed by atoms with Crippen LogP contribution in [0.5, 0.6) is 0 Å².